The van der Waals surface area contributed by atoms with Gasteiger partial charge in [-0.25, -0.2) is 4.98 Å². The van der Waals surface area contributed by atoms with E-state index in [0.717, 1.165) is 5.56 Å². The van der Waals surface area contributed by atoms with Gasteiger partial charge in [-0.2, -0.15) is 0 Å². The molecule has 5 heteroatoms. The van der Waals surface area contributed by atoms with Crippen LogP contribution in [0.4, 0.5) is 0 Å². The van der Waals surface area contributed by atoms with Gasteiger partial charge >= 0.3 is 0 Å². The molecule has 0 unspecified atom stereocenters. The molecule has 0 spiro atoms. The number of aromatic nitrogens is 1. The van der Waals surface area contributed by atoms with E-state index in [2.05, 4.69) is 4.98 Å². The van der Waals surface area contributed by atoms with Crippen molar-refractivity contribution in [3.8, 4) is 17.2 Å². The lowest BCUT2D eigenvalue weighted by molar-refractivity contribution is 0.265. The molecule has 0 fully saturated rings. The van der Waals surface area contributed by atoms with Gasteiger partial charge in [-0.3, -0.25) is 0 Å². The molecule has 0 aliphatic carbocycles. The van der Waals surface area contributed by atoms with Crippen molar-refractivity contribution < 1.29 is 14.2 Å². The van der Waals surface area contributed by atoms with Crippen LogP contribution in [0.1, 0.15) is 5.56 Å². The molecule has 0 bridgehead atoms. The Labute approximate surface area is 116 Å². The van der Waals surface area contributed by atoms with Crippen molar-refractivity contribution in [1.82, 2.24) is 4.98 Å². The second kappa shape index (κ2) is 6.29. The third kappa shape index (κ3) is 3.29. The highest BCUT2D eigenvalue weighted by molar-refractivity contribution is 6.29. The van der Waals surface area contributed by atoms with Crippen LogP contribution in [-0.4, -0.2) is 19.2 Å². The van der Waals surface area contributed by atoms with Gasteiger partial charge in [0.15, 0.2) is 11.5 Å². The average Bonchev–Trinajstić information content (AvgIpc) is 2.46. The predicted molar refractivity (Wildman–Crippen MR) is 73.1 cm³/mol. The summed E-state index contributed by atoms with van der Waals surface area (Å²) >= 11 is 5.73. The summed E-state index contributed by atoms with van der Waals surface area (Å²) in [6, 6.07) is 9.06. The highest BCUT2D eigenvalue weighted by atomic mass is 35.5. The summed E-state index contributed by atoms with van der Waals surface area (Å²) in [7, 11) is 3.18. The smallest absolute Gasteiger partial charge is 0.203 e. The van der Waals surface area contributed by atoms with E-state index in [0.29, 0.717) is 29.0 Å². The molecule has 1 heterocycles. The van der Waals surface area contributed by atoms with Gasteiger partial charge in [0, 0.05) is 11.8 Å². The molecule has 1 aromatic heterocycles. The van der Waals surface area contributed by atoms with E-state index in [4.69, 9.17) is 25.8 Å². The van der Waals surface area contributed by atoms with Crippen LogP contribution in [0.25, 0.3) is 0 Å². The number of hydrogen-bond acceptors (Lipinski definition) is 4. The molecule has 2 aromatic rings. The molecule has 2 rings (SSSR count). The Morgan fingerprint density at radius 3 is 2.26 bits per heavy atom. The monoisotopic (exact) mass is 279 g/mol. The Kier molecular flexibility index (Phi) is 4.47. The molecular formula is C14H14ClNO3. The van der Waals surface area contributed by atoms with Crippen LogP contribution in [-0.2, 0) is 6.61 Å². The summed E-state index contributed by atoms with van der Waals surface area (Å²) in [6.07, 6.45) is 1.67. The number of ether oxygens (including phenoxy) is 3. The summed E-state index contributed by atoms with van der Waals surface area (Å²) in [6.45, 7) is 0.362. The fourth-order valence-corrected chi connectivity index (χ4v) is 1.72. The Hall–Kier alpha value is -1.94. The molecule has 0 atom stereocenters. The zero-order valence-corrected chi connectivity index (χ0v) is 11.5. The lowest BCUT2D eigenvalue weighted by Crippen LogP contribution is -2.00. The molecule has 4 nitrogen and oxygen atoms in total. The first kappa shape index (κ1) is 13.5. The van der Waals surface area contributed by atoms with Crippen LogP contribution < -0.4 is 14.2 Å². The van der Waals surface area contributed by atoms with Crippen LogP contribution in [0.2, 0.25) is 5.15 Å². The molecule has 0 saturated heterocycles. The molecule has 100 valence electrons. The summed E-state index contributed by atoms with van der Waals surface area (Å²) in [5.74, 6) is 1.82. The summed E-state index contributed by atoms with van der Waals surface area (Å²) in [5, 5.41) is 0.457. The number of methoxy groups -OCH3 is 2. The van der Waals surface area contributed by atoms with Crippen LogP contribution in [0.5, 0.6) is 17.2 Å². The van der Waals surface area contributed by atoms with E-state index in [-0.39, 0.29) is 0 Å². The van der Waals surface area contributed by atoms with Crippen LogP contribution in [0.15, 0.2) is 36.5 Å². The number of rotatable bonds is 5. The Balaban J connectivity index is 2.16. The number of pyridine rings is 1. The molecule has 0 aliphatic rings. The van der Waals surface area contributed by atoms with Crippen LogP contribution in [0.3, 0.4) is 0 Å². The van der Waals surface area contributed by atoms with Gasteiger partial charge in [-0.05, 0) is 18.2 Å². The normalized spacial score (nSPS) is 10.1. The average molecular weight is 280 g/mol. The maximum atomic E-state index is 5.74. The second-order valence-electron chi connectivity index (χ2n) is 3.77. The predicted octanol–water partition coefficient (Wildman–Crippen LogP) is 3.33. The van der Waals surface area contributed by atoms with Gasteiger partial charge in [-0.15, -0.1) is 0 Å². The fourth-order valence-electron chi connectivity index (χ4n) is 1.61. The van der Waals surface area contributed by atoms with Crippen molar-refractivity contribution in [2.45, 2.75) is 6.61 Å². The first-order valence-electron chi connectivity index (χ1n) is 5.69. The van der Waals surface area contributed by atoms with Crippen molar-refractivity contribution in [2.75, 3.05) is 14.2 Å². The molecule has 0 aliphatic heterocycles. The largest absolute Gasteiger partial charge is 0.493 e. The highest BCUT2D eigenvalue weighted by Gasteiger charge is 2.11. The zero-order valence-electron chi connectivity index (χ0n) is 10.7. The van der Waals surface area contributed by atoms with Crippen molar-refractivity contribution in [1.29, 1.82) is 0 Å². The topological polar surface area (TPSA) is 40.6 Å². The molecule has 0 N–H and O–H groups in total. The number of halogens is 1. The highest BCUT2D eigenvalue weighted by Crippen LogP contribution is 2.37. The van der Waals surface area contributed by atoms with Gasteiger partial charge < -0.3 is 14.2 Å². The molecular weight excluding hydrogens is 266 g/mol. The minimum atomic E-state index is 0.362. The van der Waals surface area contributed by atoms with Crippen molar-refractivity contribution >= 4 is 11.6 Å². The first-order valence-corrected chi connectivity index (χ1v) is 6.06. The number of hydrogen-bond donors (Lipinski definition) is 0. The van der Waals surface area contributed by atoms with E-state index in [1.54, 1.807) is 26.5 Å². The van der Waals surface area contributed by atoms with E-state index in [1.807, 2.05) is 24.3 Å². The Morgan fingerprint density at radius 1 is 1.05 bits per heavy atom. The van der Waals surface area contributed by atoms with E-state index in [1.165, 1.54) is 0 Å². The zero-order chi connectivity index (χ0) is 13.7. The Morgan fingerprint density at radius 2 is 1.74 bits per heavy atom. The van der Waals surface area contributed by atoms with E-state index >= 15 is 0 Å². The lowest BCUT2D eigenvalue weighted by atomic mass is 10.3. The number of nitrogens with zero attached hydrogens (tertiary/aromatic N) is 1. The molecule has 19 heavy (non-hydrogen) atoms. The van der Waals surface area contributed by atoms with Crippen molar-refractivity contribution in [2.24, 2.45) is 0 Å². The SMILES string of the molecule is COc1cccc(OC)c1OCc1ccc(Cl)nc1. The summed E-state index contributed by atoms with van der Waals surface area (Å²) in [5.41, 5.74) is 0.914. The fraction of sp³-hybridized carbons (Fsp3) is 0.214. The second-order valence-corrected chi connectivity index (χ2v) is 4.16. The first-order chi connectivity index (χ1) is 9.24. The summed E-state index contributed by atoms with van der Waals surface area (Å²) in [4.78, 5) is 4.00. The summed E-state index contributed by atoms with van der Waals surface area (Å²) < 4.78 is 16.3. The third-order valence-corrected chi connectivity index (χ3v) is 2.78. The lowest BCUT2D eigenvalue weighted by Gasteiger charge is -2.13. The Bertz CT molecular complexity index is 521. The number of benzene rings is 1. The van der Waals surface area contributed by atoms with Gasteiger partial charge in [-0.1, -0.05) is 23.7 Å². The van der Waals surface area contributed by atoms with Crippen LogP contribution in [0, 0.1) is 0 Å². The minimum absolute atomic E-state index is 0.362. The maximum absolute atomic E-state index is 5.74. The van der Waals surface area contributed by atoms with Crippen molar-refractivity contribution in [3.63, 3.8) is 0 Å². The maximum Gasteiger partial charge on any atom is 0.203 e. The van der Waals surface area contributed by atoms with E-state index in [9.17, 15) is 0 Å². The van der Waals surface area contributed by atoms with E-state index < -0.39 is 0 Å². The molecule has 1 aromatic carbocycles. The molecule has 0 saturated carbocycles. The standard InChI is InChI=1S/C14H14ClNO3/c1-17-11-4-3-5-12(18-2)14(11)19-9-10-6-7-13(15)16-8-10/h3-8H,9H2,1-2H3. The van der Waals surface area contributed by atoms with Gasteiger partial charge in [0.2, 0.25) is 5.75 Å². The minimum Gasteiger partial charge on any atom is -0.493 e. The van der Waals surface area contributed by atoms with Gasteiger partial charge in [0.25, 0.3) is 0 Å². The molecule has 0 amide bonds. The third-order valence-electron chi connectivity index (χ3n) is 2.55. The van der Waals surface area contributed by atoms with Gasteiger partial charge in [0.1, 0.15) is 11.8 Å². The van der Waals surface area contributed by atoms with Crippen molar-refractivity contribution in [3.05, 3.63) is 47.2 Å². The van der Waals surface area contributed by atoms with Crippen LogP contribution >= 0.6 is 11.6 Å². The molecule has 0 radical (unpaired) electrons. The van der Waals surface area contributed by atoms with Gasteiger partial charge in [0.05, 0.1) is 14.2 Å². The number of para-hydroxylation sites is 1. The quantitative estimate of drug-likeness (QED) is 0.787.